The van der Waals surface area contributed by atoms with Crippen molar-refractivity contribution >= 4 is 15.9 Å². The molecule has 1 aromatic rings. The molecule has 1 aromatic carbocycles. The Morgan fingerprint density at radius 3 is 2.79 bits per heavy atom. The van der Waals surface area contributed by atoms with Crippen LogP contribution in [-0.2, 0) is 0 Å². The Balaban J connectivity index is 2.82. The van der Waals surface area contributed by atoms with Crippen LogP contribution < -0.4 is 4.74 Å². The molecule has 0 N–H and O–H groups in total. The van der Waals surface area contributed by atoms with Gasteiger partial charge in [0, 0.05) is 10.5 Å². The lowest BCUT2D eigenvalue weighted by molar-refractivity contribution is 0.250. The monoisotopic (exact) mass is 257 g/mol. The van der Waals surface area contributed by atoms with Crippen LogP contribution in [0.3, 0.4) is 0 Å². The highest BCUT2D eigenvalue weighted by Gasteiger charge is 2.07. The van der Waals surface area contributed by atoms with Gasteiger partial charge in [0.25, 0.3) is 0 Å². The summed E-state index contributed by atoms with van der Waals surface area (Å²) in [6.45, 7) is 1.84. The minimum absolute atomic E-state index is 0.366. The number of hydrogen-bond donors (Lipinski definition) is 0. The molecule has 1 unspecified atom stereocenters. The number of hydrogen-bond acceptors (Lipinski definition) is 2. The molecule has 0 aliphatic rings. The first kappa shape index (κ1) is 11.0. The molecule has 0 saturated carbocycles. The lowest BCUT2D eigenvalue weighted by atomic mass is 10.3. The van der Waals surface area contributed by atoms with Crippen LogP contribution in [0.2, 0.25) is 0 Å². The second-order valence-corrected chi connectivity index (χ2v) is 3.66. The minimum atomic E-state index is -0.524. The first-order chi connectivity index (χ1) is 6.65. The van der Waals surface area contributed by atoms with Crippen LogP contribution in [0.4, 0.5) is 4.39 Å². The summed E-state index contributed by atoms with van der Waals surface area (Å²) in [5.41, 5.74) is 0. The molecule has 2 nitrogen and oxygen atoms in total. The van der Waals surface area contributed by atoms with Crippen molar-refractivity contribution in [3.63, 3.8) is 0 Å². The molecular weight excluding hydrogens is 249 g/mol. The lowest BCUT2D eigenvalue weighted by Crippen LogP contribution is -2.12. The van der Waals surface area contributed by atoms with Crippen molar-refractivity contribution in [3.8, 4) is 11.8 Å². The van der Waals surface area contributed by atoms with E-state index in [1.807, 2.05) is 13.0 Å². The highest BCUT2D eigenvalue weighted by atomic mass is 79.9. The molecule has 74 valence electrons. The molecule has 1 atom stereocenters. The van der Waals surface area contributed by atoms with Gasteiger partial charge in [-0.05, 0) is 18.6 Å². The van der Waals surface area contributed by atoms with Gasteiger partial charge in [-0.3, -0.25) is 0 Å². The smallest absolute Gasteiger partial charge is 0.184 e. The summed E-state index contributed by atoms with van der Waals surface area (Å²) in [6.07, 6.45) is 0.0497. The molecule has 1 rings (SSSR count). The third-order valence-electron chi connectivity index (χ3n) is 1.63. The summed E-state index contributed by atoms with van der Waals surface area (Å²) in [4.78, 5) is 0. The standard InChI is InChI=1S/C10H9BrFNO/c1-2-9(6-13)14-10-4-7(11)3-8(12)5-10/h3-5,9H,2H2,1H3. The Kier molecular flexibility index (Phi) is 3.90. The summed E-state index contributed by atoms with van der Waals surface area (Å²) < 4.78 is 18.7. The molecule has 0 bridgehead atoms. The van der Waals surface area contributed by atoms with Crippen molar-refractivity contribution in [2.75, 3.05) is 0 Å². The number of nitriles is 1. The predicted molar refractivity (Wildman–Crippen MR) is 54.4 cm³/mol. The predicted octanol–water partition coefficient (Wildman–Crippen LogP) is 3.27. The highest BCUT2D eigenvalue weighted by molar-refractivity contribution is 9.10. The van der Waals surface area contributed by atoms with Gasteiger partial charge in [0.15, 0.2) is 6.10 Å². The third-order valence-corrected chi connectivity index (χ3v) is 2.09. The van der Waals surface area contributed by atoms with E-state index < -0.39 is 6.10 Å². The number of ether oxygens (including phenoxy) is 1. The van der Waals surface area contributed by atoms with E-state index in [2.05, 4.69) is 15.9 Å². The van der Waals surface area contributed by atoms with E-state index in [-0.39, 0.29) is 5.82 Å². The third kappa shape index (κ3) is 3.00. The number of nitrogens with zero attached hydrogens (tertiary/aromatic N) is 1. The lowest BCUT2D eigenvalue weighted by Gasteiger charge is -2.10. The molecular formula is C10H9BrFNO. The average Bonchev–Trinajstić information content (AvgIpc) is 2.12. The van der Waals surface area contributed by atoms with Gasteiger partial charge in [0.2, 0.25) is 0 Å². The Morgan fingerprint density at radius 2 is 2.29 bits per heavy atom. The second-order valence-electron chi connectivity index (χ2n) is 2.75. The minimum Gasteiger partial charge on any atom is -0.475 e. The summed E-state index contributed by atoms with van der Waals surface area (Å²) in [7, 11) is 0. The van der Waals surface area contributed by atoms with Crippen molar-refractivity contribution in [1.29, 1.82) is 5.26 Å². The van der Waals surface area contributed by atoms with Gasteiger partial charge in [-0.1, -0.05) is 22.9 Å². The SMILES string of the molecule is CCC(C#N)Oc1cc(F)cc(Br)c1. The molecule has 14 heavy (non-hydrogen) atoms. The molecule has 0 radical (unpaired) electrons. The summed E-state index contributed by atoms with van der Waals surface area (Å²) >= 11 is 3.14. The van der Waals surface area contributed by atoms with Crippen molar-refractivity contribution in [2.24, 2.45) is 0 Å². The fourth-order valence-electron chi connectivity index (χ4n) is 0.962. The summed E-state index contributed by atoms with van der Waals surface area (Å²) in [6, 6.07) is 6.20. The van der Waals surface area contributed by atoms with Gasteiger partial charge in [0.1, 0.15) is 17.6 Å². The van der Waals surface area contributed by atoms with Gasteiger partial charge < -0.3 is 4.74 Å². The Hall–Kier alpha value is -1.08. The molecule has 0 aliphatic carbocycles. The van der Waals surface area contributed by atoms with E-state index in [4.69, 9.17) is 10.00 Å². The molecule has 0 saturated heterocycles. The van der Waals surface area contributed by atoms with Gasteiger partial charge >= 0.3 is 0 Å². The molecule has 0 fully saturated rings. The molecule has 4 heteroatoms. The maximum atomic E-state index is 12.9. The average molecular weight is 258 g/mol. The largest absolute Gasteiger partial charge is 0.475 e. The van der Waals surface area contributed by atoms with Crippen LogP contribution in [0.15, 0.2) is 22.7 Å². The van der Waals surface area contributed by atoms with E-state index in [9.17, 15) is 4.39 Å². The number of rotatable bonds is 3. The van der Waals surface area contributed by atoms with Crippen molar-refractivity contribution in [2.45, 2.75) is 19.4 Å². The zero-order chi connectivity index (χ0) is 10.6. The van der Waals surface area contributed by atoms with Crippen molar-refractivity contribution in [1.82, 2.24) is 0 Å². The zero-order valence-electron chi connectivity index (χ0n) is 7.63. The van der Waals surface area contributed by atoms with Crippen LogP contribution in [-0.4, -0.2) is 6.10 Å². The first-order valence-electron chi connectivity index (χ1n) is 4.18. The Morgan fingerprint density at radius 1 is 1.57 bits per heavy atom. The van der Waals surface area contributed by atoms with Gasteiger partial charge in [-0.25, -0.2) is 4.39 Å². The van der Waals surface area contributed by atoms with E-state index in [1.54, 1.807) is 6.07 Å². The number of halogens is 2. The topological polar surface area (TPSA) is 33.0 Å². The van der Waals surface area contributed by atoms with Crippen LogP contribution >= 0.6 is 15.9 Å². The number of benzene rings is 1. The van der Waals surface area contributed by atoms with Crippen LogP contribution in [0.1, 0.15) is 13.3 Å². The molecule has 0 amide bonds. The van der Waals surface area contributed by atoms with Gasteiger partial charge in [-0.2, -0.15) is 5.26 Å². The van der Waals surface area contributed by atoms with Crippen LogP contribution in [0.5, 0.6) is 5.75 Å². The van der Waals surface area contributed by atoms with Crippen molar-refractivity contribution < 1.29 is 9.13 Å². The van der Waals surface area contributed by atoms with Crippen LogP contribution in [0.25, 0.3) is 0 Å². The molecule has 0 aromatic heterocycles. The molecule has 0 heterocycles. The first-order valence-corrected chi connectivity index (χ1v) is 4.97. The fourth-order valence-corrected chi connectivity index (χ4v) is 1.41. The van der Waals surface area contributed by atoms with E-state index >= 15 is 0 Å². The maximum Gasteiger partial charge on any atom is 0.184 e. The van der Waals surface area contributed by atoms with E-state index in [0.29, 0.717) is 16.6 Å². The maximum absolute atomic E-state index is 12.9. The van der Waals surface area contributed by atoms with Gasteiger partial charge in [0.05, 0.1) is 0 Å². The normalized spacial score (nSPS) is 11.9. The quantitative estimate of drug-likeness (QED) is 0.833. The zero-order valence-corrected chi connectivity index (χ0v) is 9.21. The van der Waals surface area contributed by atoms with E-state index in [0.717, 1.165) is 0 Å². The van der Waals surface area contributed by atoms with E-state index in [1.165, 1.54) is 12.1 Å². The van der Waals surface area contributed by atoms with Crippen LogP contribution in [0, 0.1) is 17.1 Å². The van der Waals surface area contributed by atoms with Crippen molar-refractivity contribution in [3.05, 3.63) is 28.5 Å². The Labute approximate surface area is 90.4 Å². The highest BCUT2D eigenvalue weighted by Crippen LogP contribution is 2.21. The molecule has 0 spiro atoms. The summed E-state index contributed by atoms with van der Waals surface area (Å²) in [5.74, 6) is -0.0209. The van der Waals surface area contributed by atoms with Gasteiger partial charge in [-0.15, -0.1) is 0 Å². The molecule has 0 aliphatic heterocycles. The summed E-state index contributed by atoms with van der Waals surface area (Å²) in [5, 5.41) is 8.65. The fraction of sp³-hybridized carbons (Fsp3) is 0.300. The second kappa shape index (κ2) is 4.97. The Bertz CT molecular complexity index is 341.